The zero-order valence-electron chi connectivity index (χ0n) is 11.1. The van der Waals surface area contributed by atoms with Crippen LogP contribution in [0.25, 0.3) is 0 Å². The summed E-state index contributed by atoms with van der Waals surface area (Å²) >= 11 is 0. The molecular weight excluding hydrogens is 242 g/mol. The molecule has 1 aliphatic heterocycles. The second-order valence-corrected chi connectivity index (χ2v) is 5.33. The molecule has 2 aliphatic rings. The number of hydrazine groups is 1. The molecule has 1 aromatic rings. The first-order valence-electron chi connectivity index (χ1n) is 6.30. The van der Waals surface area contributed by atoms with Crippen LogP contribution in [-0.4, -0.2) is 28.4 Å². The van der Waals surface area contributed by atoms with Crippen molar-refractivity contribution in [3.05, 3.63) is 35.4 Å². The highest BCUT2D eigenvalue weighted by Gasteiger charge is 2.51. The third-order valence-electron chi connectivity index (χ3n) is 3.64. The first-order chi connectivity index (χ1) is 8.95. The Hall–Kier alpha value is -2.01. The molecular formula is C14H15N3O2. The Bertz CT molecular complexity index is 621. The van der Waals surface area contributed by atoms with Gasteiger partial charge in [-0.1, -0.05) is 24.3 Å². The highest BCUT2D eigenvalue weighted by atomic mass is 16.2. The fraction of sp³-hybridized carbons (Fsp3) is 0.357. The number of rotatable bonds is 1. The van der Waals surface area contributed by atoms with Crippen molar-refractivity contribution in [2.75, 3.05) is 0 Å². The van der Waals surface area contributed by atoms with Gasteiger partial charge in [-0.3, -0.25) is 9.59 Å². The second-order valence-electron chi connectivity index (χ2n) is 5.33. The Morgan fingerprint density at radius 2 is 1.89 bits per heavy atom. The molecule has 1 heterocycles. The fourth-order valence-corrected chi connectivity index (χ4v) is 2.57. The number of benzene rings is 1. The van der Waals surface area contributed by atoms with Gasteiger partial charge in [0.15, 0.2) is 0 Å². The lowest BCUT2D eigenvalue weighted by atomic mass is 9.75. The summed E-state index contributed by atoms with van der Waals surface area (Å²) in [6.45, 7) is 5.82. The predicted molar refractivity (Wildman–Crippen MR) is 70.7 cm³/mol. The molecule has 1 N–H and O–H groups in total. The number of nitrogens with one attached hydrogen (secondary N) is 1. The Kier molecular flexibility index (Phi) is 2.37. The first-order valence-corrected chi connectivity index (χ1v) is 6.30. The molecule has 5 nitrogen and oxygen atoms in total. The topological polar surface area (TPSA) is 61.8 Å². The number of hydrogen-bond acceptors (Lipinski definition) is 5. The molecule has 0 fully saturated rings. The van der Waals surface area contributed by atoms with Crippen molar-refractivity contribution in [2.24, 2.45) is 5.10 Å². The van der Waals surface area contributed by atoms with E-state index < -0.39 is 17.1 Å². The van der Waals surface area contributed by atoms with Gasteiger partial charge in [0.1, 0.15) is 11.3 Å². The van der Waals surface area contributed by atoms with E-state index in [1.807, 2.05) is 32.9 Å². The number of ketones is 2. The molecule has 0 bridgehead atoms. The number of hydrazone groups is 1. The Morgan fingerprint density at radius 3 is 2.58 bits per heavy atom. The van der Waals surface area contributed by atoms with Gasteiger partial charge in [-0.15, -0.1) is 0 Å². The van der Waals surface area contributed by atoms with Crippen molar-refractivity contribution in [1.82, 2.24) is 10.5 Å². The molecule has 5 heteroatoms. The largest absolute Gasteiger partial charge is 0.285 e. The van der Waals surface area contributed by atoms with Crippen LogP contribution in [0.2, 0.25) is 0 Å². The number of nitrogens with zero attached hydrogens (tertiary/aromatic N) is 2. The lowest BCUT2D eigenvalue weighted by molar-refractivity contribution is -0.109. The van der Waals surface area contributed by atoms with Crippen LogP contribution in [-0.2, 0) is 10.3 Å². The number of fused-ring (bicyclic) bond motifs is 3. The summed E-state index contributed by atoms with van der Waals surface area (Å²) in [5.74, 6) is -0.990. The smallest absolute Gasteiger partial charge is 0.251 e. The molecule has 1 aromatic carbocycles. The molecule has 3 rings (SSSR count). The van der Waals surface area contributed by atoms with Crippen LogP contribution in [0.5, 0.6) is 0 Å². The molecule has 98 valence electrons. The molecule has 0 amide bonds. The Labute approximate surface area is 111 Å². The molecule has 1 unspecified atom stereocenters. The summed E-state index contributed by atoms with van der Waals surface area (Å²) in [5, 5.41) is 5.92. The number of hydrogen-bond donors (Lipinski definition) is 1. The molecule has 0 saturated carbocycles. The zero-order chi connectivity index (χ0) is 13.8. The third-order valence-corrected chi connectivity index (χ3v) is 3.64. The van der Waals surface area contributed by atoms with Gasteiger partial charge in [0.2, 0.25) is 5.78 Å². The van der Waals surface area contributed by atoms with Crippen LogP contribution < -0.4 is 5.43 Å². The van der Waals surface area contributed by atoms with Gasteiger partial charge >= 0.3 is 0 Å². The number of carbonyl (C=O) groups excluding carboxylic acids is 2. The van der Waals surface area contributed by atoms with E-state index in [2.05, 4.69) is 10.5 Å². The maximum absolute atomic E-state index is 12.2. The van der Waals surface area contributed by atoms with E-state index in [0.717, 1.165) is 5.56 Å². The monoisotopic (exact) mass is 257 g/mol. The Morgan fingerprint density at radius 1 is 1.21 bits per heavy atom. The lowest BCUT2D eigenvalue weighted by Crippen LogP contribution is -2.54. The predicted octanol–water partition coefficient (Wildman–Crippen LogP) is 1.25. The highest BCUT2D eigenvalue weighted by Crippen LogP contribution is 2.35. The van der Waals surface area contributed by atoms with E-state index in [9.17, 15) is 9.59 Å². The summed E-state index contributed by atoms with van der Waals surface area (Å²) in [6, 6.07) is 7.29. The molecule has 0 aromatic heterocycles. The normalized spacial score (nSPS) is 25.5. The summed E-state index contributed by atoms with van der Waals surface area (Å²) in [7, 11) is 0. The third kappa shape index (κ3) is 1.48. The number of carbonyl (C=O) groups is 2. The van der Waals surface area contributed by atoms with Crippen LogP contribution in [0.3, 0.4) is 0 Å². The standard InChI is InChI=1S/C14H15N3O2/c1-8(2)17-15-13-12(19)11(18)9-6-4-5-7-10(9)14(13,3)16-17/h4-8,16H,1-3H3. The molecule has 1 atom stereocenters. The maximum atomic E-state index is 12.2. The van der Waals surface area contributed by atoms with Crippen LogP contribution in [0.4, 0.5) is 0 Å². The van der Waals surface area contributed by atoms with Crippen molar-refractivity contribution in [1.29, 1.82) is 0 Å². The van der Waals surface area contributed by atoms with Gasteiger partial charge in [0, 0.05) is 5.56 Å². The zero-order valence-corrected chi connectivity index (χ0v) is 11.1. The van der Waals surface area contributed by atoms with Crippen molar-refractivity contribution in [2.45, 2.75) is 32.4 Å². The van der Waals surface area contributed by atoms with E-state index in [-0.39, 0.29) is 11.8 Å². The molecule has 19 heavy (non-hydrogen) atoms. The van der Waals surface area contributed by atoms with Crippen molar-refractivity contribution >= 4 is 17.3 Å². The summed E-state index contributed by atoms with van der Waals surface area (Å²) in [6.07, 6.45) is 0. The van der Waals surface area contributed by atoms with E-state index in [0.29, 0.717) is 5.56 Å². The van der Waals surface area contributed by atoms with Gasteiger partial charge in [-0.25, -0.2) is 10.5 Å². The second kappa shape index (κ2) is 3.74. The summed E-state index contributed by atoms with van der Waals surface area (Å²) in [4.78, 5) is 24.3. The minimum atomic E-state index is -0.716. The van der Waals surface area contributed by atoms with Crippen LogP contribution in [0, 0.1) is 0 Å². The quantitative estimate of drug-likeness (QED) is 0.769. The minimum absolute atomic E-state index is 0.102. The minimum Gasteiger partial charge on any atom is -0.285 e. The van der Waals surface area contributed by atoms with Crippen LogP contribution >= 0.6 is 0 Å². The maximum Gasteiger partial charge on any atom is 0.251 e. The van der Waals surface area contributed by atoms with E-state index in [4.69, 9.17) is 0 Å². The number of Topliss-reactive ketones (excluding diaryl/α,β-unsaturated/α-hetero) is 2. The van der Waals surface area contributed by atoms with Crippen molar-refractivity contribution in [3.63, 3.8) is 0 Å². The van der Waals surface area contributed by atoms with E-state index >= 15 is 0 Å². The molecule has 0 saturated heterocycles. The van der Waals surface area contributed by atoms with Crippen molar-refractivity contribution in [3.8, 4) is 0 Å². The fourth-order valence-electron chi connectivity index (χ4n) is 2.57. The first kappa shape index (κ1) is 12.0. The van der Waals surface area contributed by atoms with Gasteiger partial charge in [-0.2, -0.15) is 5.10 Å². The molecule has 0 radical (unpaired) electrons. The van der Waals surface area contributed by atoms with Crippen LogP contribution in [0.15, 0.2) is 29.4 Å². The highest BCUT2D eigenvalue weighted by molar-refractivity contribution is 6.71. The van der Waals surface area contributed by atoms with Gasteiger partial charge < -0.3 is 0 Å². The SMILES string of the molecule is CC(C)N1N=C2C(=O)C(=O)c3ccccc3C2(C)N1. The summed E-state index contributed by atoms with van der Waals surface area (Å²) in [5.41, 5.74) is 4.07. The summed E-state index contributed by atoms with van der Waals surface area (Å²) < 4.78 is 0. The lowest BCUT2D eigenvalue weighted by Gasteiger charge is -2.32. The van der Waals surface area contributed by atoms with Gasteiger partial charge in [0.05, 0.1) is 6.04 Å². The molecule has 0 spiro atoms. The molecule has 1 aliphatic carbocycles. The Balaban J connectivity index is 2.22. The van der Waals surface area contributed by atoms with E-state index in [1.165, 1.54) is 0 Å². The van der Waals surface area contributed by atoms with Crippen molar-refractivity contribution < 1.29 is 9.59 Å². The average molecular weight is 257 g/mol. The van der Waals surface area contributed by atoms with Crippen LogP contribution in [0.1, 0.15) is 36.7 Å². The van der Waals surface area contributed by atoms with Gasteiger partial charge in [0.25, 0.3) is 5.78 Å². The average Bonchev–Trinajstić information content (AvgIpc) is 2.76. The van der Waals surface area contributed by atoms with Gasteiger partial charge in [-0.05, 0) is 26.3 Å². The van der Waals surface area contributed by atoms with E-state index in [1.54, 1.807) is 17.3 Å².